The van der Waals surface area contributed by atoms with Gasteiger partial charge in [0, 0.05) is 0 Å². The van der Waals surface area contributed by atoms with Crippen molar-refractivity contribution in [3.05, 3.63) is 0 Å². The molecule has 4 heteroatoms. The SMILES string of the molecule is CCCCCCCCCCCCOC[N+](CCC)(CCO)CCO. The van der Waals surface area contributed by atoms with Crippen LogP contribution in [-0.4, -0.2) is 60.9 Å². The number of hydrogen-bond donors (Lipinski definition) is 2. The maximum atomic E-state index is 9.29. The van der Waals surface area contributed by atoms with E-state index < -0.39 is 0 Å². The van der Waals surface area contributed by atoms with Gasteiger partial charge in [0.15, 0.2) is 6.73 Å². The van der Waals surface area contributed by atoms with E-state index in [-0.39, 0.29) is 13.2 Å². The van der Waals surface area contributed by atoms with Crippen molar-refractivity contribution in [2.75, 3.05) is 46.2 Å². The first-order valence-electron chi connectivity index (χ1n) is 10.4. The minimum Gasteiger partial charge on any atom is -0.391 e. The molecule has 0 fully saturated rings. The van der Waals surface area contributed by atoms with E-state index >= 15 is 0 Å². The fourth-order valence-corrected chi connectivity index (χ4v) is 3.38. The van der Waals surface area contributed by atoms with Gasteiger partial charge in [-0.25, -0.2) is 0 Å². The van der Waals surface area contributed by atoms with Crippen LogP contribution in [0, 0.1) is 0 Å². The first-order valence-corrected chi connectivity index (χ1v) is 10.4. The van der Waals surface area contributed by atoms with E-state index in [9.17, 15) is 10.2 Å². The monoisotopic (exact) mass is 346 g/mol. The molecule has 146 valence electrons. The molecule has 0 aromatic rings. The van der Waals surface area contributed by atoms with Gasteiger partial charge in [0.25, 0.3) is 0 Å². The molecule has 0 aliphatic heterocycles. The zero-order valence-electron chi connectivity index (χ0n) is 16.5. The summed E-state index contributed by atoms with van der Waals surface area (Å²) >= 11 is 0. The first-order chi connectivity index (χ1) is 11.7. The van der Waals surface area contributed by atoms with Gasteiger partial charge in [-0.1, -0.05) is 71.6 Å². The van der Waals surface area contributed by atoms with Crippen LogP contribution in [-0.2, 0) is 4.74 Å². The van der Waals surface area contributed by atoms with Crippen LogP contribution in [0.2, 0.25) is 0 Å². The highest BCUT2D eigenvalue weighted by Gasteiger charge is 2.25. The van der Waals surface area contributed by atoms with Crippen LogP contribution in [0.1, 0.15) is 84.5 Å². The molecule has 24 heavy (non-hydrogen) atoms. The topological polar surface area (TPSA) is 49.7 Å². The molecule has 2 N–H and O–H groups in total. The van der Waals surface area contributed by atoms with Gasteiger partial charge in [0.1, 0.15) is 13.1 Å². The van der Waals surface area contributed by atoms with Crippen LogP contribution in [0.5, 0.6) is 0 Å². The molecule has 0 saturated carbocycles. The first kappa shape index (κ1) is 23.8. The van der Waals surface area contributed by atoms with Crippen molar-refractivity contribution in [2.24, 2.45) is 0 Å². The van der Waals surface area contributed by atoms with Gasteiger partial charge in [0.05, 0.1) is 26.4 Å². The third-order valence-corrected chi connectivity index (χ3v) is 4.85. The van der Waals surface area contributed by atoms with E-state index in [1.165, 1.54) is 57.8 Å². The van der Waals surface area contributed by atoms with Gasteiger partial charge < -0.3 is 14.9 Å². The standard InChI is InChI=1S/C20H44NO3/c1-3-5-6-7-8-9-10-11-12-13-19-24-20-21(14-4-2,15-17-22)16-18-23/h22-23H,3-20H2,1-2H3/q+1. The van der Waals surface area contributed by atoms with Crippen LogP contribution in [0.15, 0.2) is 0 Å². The van der Waals surface area contributed by atoms with Crippen molar-refractivity contribution < 1.29 is 19.4 Å². The average Bonchev–Trinajstić information content (AvgIpc) is 2.56. The molecule has 0 aromatic heterocycles. The summed E-state index contributed by atoms with van der Waals surface area (Å²) in [6.45, 7) is 8.44. The van der Waals surface area contributed by atoms with Crippen molar-refractivity contribution in [1.29, 1.82) is 0 Å². The number of ether oxygens (including phenoxy) is 1. The highest BCUT2D eigenvalue weighted by molar-refractivity contribution is 4.47. The predicted molar refractivity (Wildman–Crippen MR) is 102 cm³/mol. The van der Waals surface area contributed by atoms with Crippen molar-refractivity contribution in [3.63, 3.8) is 0 Å². The lowest BCUT2D eigenvalue weighted by atomic mass is 10.1. The van der Waals surface area contributed by atoms with E-state index in [0.29, 0.717) is 24.3 Å². The molecule has 0 aliphatic carbocycles. The number of aliphatic hydroxyl groups is 2. The van der Waals surface area contributed by atoms with E-state index in [1.807, 2.05) is 0 Å². The molecule has 4 nitrogen and oxygen atoms in total. The van der Waals surface area contributed by atoms with Crippen molar-refractivity contribution >= 4 is 0 Å². The lowest BCUT2D eigenvalue weighted by molar-refractivity contribution is -0.946. The average molecular weight is 347 g/mol. The highest BCUT2D eigenvalue weighted by atomic mass is 16.5. The van der Waals surface area contributed by atoms with E-state index in [1.54, 1.807) is 0 Å². The molecular formula is C20H44NO3+. The summed E-state index contributed by atoms with van der Waals surface area (Å²) in [5, 5.41) is 18.6. The Bertz CT molecular complexity index is 232. The molecule has 0 heterocycles. The number of nitrogens with zero attached hydrogens (tertiary/aromatic N) is 1. The maximum absolute atomic E-state index is 9.29. The fourth-order valence-electron chi connectivity index (χ4n) is 3.38. The number of hydrogen-bond acceptors (Lipinski definition) is 3. The number of rotatable bonds is 19. The summed E-state index contributed by atoms with van der Waals surface area (Å²) < 4.78 is 6.56. The molecular weight excluding hydrogens is 302 g/mol. The minimum atomic E-state index is 0.154. The van der Waals surface area contributed by atoms with E-state index in [0.717, 1.165) is 26.0 Å². The van der Waals surface area contributed by atoms with Gasteiger partial charge in [-0.15, -0.1) is 0 Å². The maximum Gasteiger partial charge on any atom is 0.183 e. The van der Waals surface area contributed by atoms with Crippen molar-refractivity contribution in [1.82, 2.24) is 0 Å². The van der Waals surface area contributed by atoms with Crippen molar-refractivity contribution in [2.45, 2.75) is 84.5 Å². The van der Waals surface area contributed by atoms with Gasteiger partial charge in [-0.3, -0.25) is 4.48 Å². The molecule has 0 spiro atoms. The number of unbranched alkanes of at least 4 members (excludes halogenated alkanes) is 9. The van der Waals surface area contributed by atoms with Crippen LogP contribution in [0.4, 0.5) is 0 Å². The largest absolute Gasteiger partial charge is 0.391 e. The molecule has 0 radical (unpaired) electrons. The molecule has 0 atom stereocenters. The zero-order valence-corrected chi connectivity index (χ0v) is 16.5. The third kappa shape index (κ3) is 13.2. The Kier molecular flexibility index (Phi) is 17.5. The summed E-state index contributed by atoms with van der Waals surface area (Å²) in [5.41, 5.74) is 0. The Morgan fingerprint density at radius 3 is 1.58 bits per heavy atom. The normalized spacial score (nSPS) is 12.0. The Labute approximate surface area is 150 Å². The lowest BCUT2D eigenvalue weighted by Gasteiger charge is -2.37. The zero-order chi connectivity index (χ0) is 17.9. The molecule has 0 saturated heterocycles. The number of aliphatic hydroxyl groups excluding tert-OH is 2. The summed E-state index contributed by atoms with van der Waals surface area (Å²) in [7, 11) is 0. The van der Waals surface area contributed by atoms with Crippen molar-refractivity contribution in [3.8, 4) is 0 Å². The molecule has 0 aromatic carbocycles. The minimum absolute atomic E-state index is 0.154. The second-order valence-corrected chi connectivity index (χ2v) is 7.18. The van der Waals surface area contributed by atoms with E-state index in [4.69, 9.17) is 4.74 Å². The summed E-state index contributed by atoms with van der Waals surface area (Å²) in [4.78, 5) is 0. The lowest BCUT2D eigenvalue weighted by Crippen LogP contribution is -2.53. The fraction of sp³-hybridized carbons (Fsp3) is 1.00. The molecule has 0 rings (SSSR count). The number of quaternary nitrogens is 1. The quantitative estimate of drug-likeness (QED) is 0.210. The summed E-state index contributed by atoms with van der Waals surface area (Å²) in [6.07, 6.45) is 14.4. The van der Waals surface area contributed by atoms with Crippen LogP contribution in [0.25, 0.3) is 0 Å². The predicted octanol–water partition coefficient (Wildman–Crippen LogP) is 4.09. The van der Waals surface area contributed by atoms with Crippen LogP contribution in [0.3, 0.4) is 0 Å². The smallest absolute Gasteiger partial charge is 0.183 e. The molecule has 0 aliphatic rings. The summed E-state index contributed by atoms with van der Waals surface area (Å²) in [6, 6.07) is 0. The molecule has 0 amide bonds. The van der Waals surface area contributed by atoms with Gasteiger partial charge in [0.2, 0.25) is 0 Å². The van der Waals surface area contributed by atoms with Crippen LogP contribution < -0.4 is 0 Å². The van der Waals surface area contributed by atoms with Gasteiger partial charge in [-0.05, 0) is 12.8 Å². The second kappa shape index (κ2) is 17.7. The Morgan fingerprint density at radius 2 is 1.12 bits per heavy atom. The Balaban J connectivity index is 3.60. The molecule has 0 bridgehead atoms. The Hall–Kier alpha value is -0.160. The summed E-state index contributed by atoms with van der Waals surface area (Å²) in [5.74, 6) is 0. The van der Waals surface area contributed by atoms with Gasteiger partial charge >= 0.3 is 0 Å². The van der Waals surface area contributed by atoms with E-state index in [2.05, 4.69) is 13.8 Å². The second-order valence-electron chi connectivity index (χ2n) is 7.18. The third-order valence-electron chi connectivity index (χ3n) is 4.85. The molecule has 0 unspecified atom stereocenters. The van der Waals surface area contributed by atoms with Crippen LogP contribution >= 0.6 is 0 Å². The highest BCUT2D eigenvalue weighted by Crippen LogP contribution is 2.12. The van der Waals surface area contributed by atoms with Gasteiger partial charge in [-0.2, -0.15) is 0 Å². The Morgan fingerprint density at radius 1 is 0.625 bits per heavy atom.